The van der Waals surface area contributed by atoms with Gasteiger partial charge < -0.3 is 19.9 Å². The summed E-state index contributed by atoms with van der Waals surface area (Å²) in [6.45, 7) is 4.59. The number of anilines is 1. The number of nitrogens with one attached hydrogen (secondary N) is 1. The third kappa shape index (κ3) is 3.03. The van der Waals surface area contributed by atoms with Crippen molar-refractivity contribution in [2.45, 2.75) is 38.8 Å². The van der Waals surface area contributed by atoms with E-state index in [0.29, 0.717) is 32.5 Å². The number of hydrogen-bond acceptors (Lipinski definition) is 6. The Bertz CT molecular complexity index is 1110. The van der Waals surface area contributed by atoms with Crippen molar-refractivity contribution in [2.24, 2.45) is 0 Å². The second kappa shape index (κ2) is 6.80. The maximum Gasteiger partial charge on any atom is 0.341 e. The zero-order valence-corrected chi connectivity index (χ0v) is 16.1. The van der Waals surface area contributed by atoms with Crippen LogP contribution >= 0.6 is 0 Å². The van der Waals surface area contributed by atoms with E-state index in [2.05, 4.69) is 5.32 Å². The molecule has 29 heavy (non-hydrogen) atoms. The van der Waals surface area contributed by atoms with Crippen LogP contribution in [0.4, 0.5) is 15.8 Å². The van der Waals surface area contributed by atoms with Crippen LogP contribution in [0.1, 0.15) is 41.7 Å². The average molecular weight is 404 g/mol. The molecule has 2 aromatic rings. The fourth-order valence-electron chi connectivity index (χ4n) is 4.12. The topological polar surface area (TPSA) is 118 Å². The van der Waals surface area contributed by atoms with Gasteiger partial charge in [0.15, 0.2) is 11.5 Å². The Labute approximate surface area is 164 Å². The van der Waals surface area contributed by atoms with E-state index in [-0.39, 0.29) is 34.2 Å². The van der Waals surface area contributed by atoms with E-state index in [1.807, 2.05) is 6.92 Å². The minimum Gasteiger partial charge on any atom is -0.477 e. The summed E-state index contributed by atoms with van der Waals surface area (Å²) in [5, 5.41) is 24.5. The molecule has 2 fully saturated rings. The van der Waals surface area contributed by atoms with Gasteiger partial charge >= 0.3 is 11.7 Å². The Morgan fingerprint density at radius 1 is 1.41 bits per heavy atom. The third-order valence-corrected chi connectivity index (χ3v) is 5.63. The molecule has 0 bridgehead atoms. The molecule has 1 aromatic heterocycles. The average Bonchev–Trinajstić information content (AvgIpc) is 3.48. The molecule has 2 heterocycles. The number of nitrogens with zero attached hydrogens (tertiary/aromatic N) is 3. The van der Waals surface area contributed by atoms with E-state index in [9.17, 15) is 24.8 Å². The molecule has 1 aromatic carbocycles. The minimum absolute atomic E-state index is 0.00702. The van der Waals surface area contributed by atoms with Crippen molar-refractivity contribution in [3.05, 3.63) is 43.5 Å². The van der Waals surface area contributed by atoms with Gasteiger partial charge in [-0.3, -0.25) is 14.9 Å². The lowest BCUT2D eigenvalue weighted by atomic mass is 10.0. The fraction of sp³-hybridized carbons (Fsp3) is 0.474. The lowest BCUT2D eigenvalue weighted by molar-refractivity contribution is -0.382. The van der Waals surface area contributed by atoms with Gasteiger partial charge in [-0.1, -0.05) is 0 Å². The number of nitro groups is 1. The second-order valence-corrected chi connectivity index (χ2v) is 7.73. The molecule has 0 amide bonds. The highest BCUT2D eigenvalue weighted by Crippen LogP contribution is 2.44. The molecule has 2 aliphatic rings. The number of rotatable bonds is 4. The van der Waals surface area contributed by atoms with E-state index in [1.165, 1.54) is 17.7 Å². The van der Waals surface area contributed by atoms with Gasteiger partial charge in [0, 0.05) is 43.5 Å². The first-order valence-corrected chi connectivity index (χ1v) is 9.49. The van der Waals surface area contributed by atoms with Crippen molar-refractivity contribution in [3.63, 3.8) is 0 Å². The number of aromatic carboxylic acids is 1. The number of fused-ring (bicyclic) bond motifs is 1. The first-order chi connectivity index (χ1) is 13.7. The highest BCUT2D eigenvalue weighted by Gasteiger charge is 2.37. The van der Waals surface area contributed by atoms with E-state index < -0.39 is 33.4 Å². The molecular formula is C19H21FN4O5. The molecule has 1 atom stereocenters. The van der Waals surface area contributed by atoms with Crippen LogP contribution in [0.5, 0.6) is 0 Å². The highest BCUT2D eigenvalue weighted by atomic mass is 19.1. The first-order valence-electron chi connectivity index (χ1n) is 9.49. The SMILES string of the molecule is Cc1c(F)c(N2CCNC(C)C2)c([N+](=O)[O-])c2c1c(=O)c(C(=O)O)cn2C1CC1. The van der Waals surface area contributed by atoms with Crippen LogP contribution < -0.4 is 15.6 Å². The van der Waals surface area contributed by atoms with E-state index >= 15 is 4.39 Å². The normalized spacial score (nSPS) is 19.6. The number of halogens is 1. The Balaban J connectivity index is 2.15. The fourth-order valence-corrected chi connectivity index (χ4v) is 4.12. The van der Waals surface area contributed by atoms with Crippen LogP contribution in [0.15, 0.2) is 11.0 Å². The lowest BCUT2D eigenvalue weighted by Crippen LogP contribution is -2.49. The van der Waals surface area contributed by atoms with Crippen LogP contribution in [0.2, 0.25) is 0 Å². The van der Waals surface area contributed by atoms with E-state index in [4.69, 9.17) is 0 Å². The molecule has 1 unspecified atom stereocenters. The number of carboxylic acids is 1. The van der Waals surface area contributed by atoms with Crippen molar-refractivity contribution in [2.75, 3.05) is 24.5 Å². The molecule has 1 saturated carbocycles. The highest BCUT2D eigenvalue weighted by molar-refractivity contribution is 6.00. The molecule has 1 aliphatic heterocycles. The van der Waals surface area contributed by atoms with Gasteiger partial charge in [-0.05, 0) is 26.7 Å². The smallest absolute Gasteiger partial charge is 0.341 e. The standard InChI is InChI=1S/C19H21FN4O5/c1-9-7-22(6-5-21-9)16-14(20)10(2)13-15(17(16)24(28)29)23(11-3-4-11)8-12(18(13)25)19(26)27/h8-9,11,21H,3-7H2,1-2H3,(H,26,27). The van der Waals surface area contributed by atoms with Crippen LogP contribution in [0, 0.1) is 22.9 Å². The Kier molecular flexibility index (Phi) is 4.53. The zero-order chi connectivity index (χ0) is 21.0. The number of benzene rings is 1. The Morgan fingerprint density at radius 2 is 2.10 bits per heavy atom. The van der Waals surface area contributed by atoms with E-state index in [1.54, 1.807) is 4.90 Å². The largest absolute Gasteiger partial charge is 0.477 e. The summed E-state index contributed by atoms with van der Waals surface area (Å²) < 4.78 is 16.9. The number of pyridine rings is 1. The van der Waals surface area contributed by atoms with Crippen molar-refractivity contribution in [3.8, 4) is 0 Å². The number of aryl methyl sites for hydroxylation is 1. The number of aromatic nitrogens is 1. The zero-order valence-electron chi connectivity index (χ0n) is 16.1. The predicted molar refractivity (Wildman–Crippen MR) is 104 cm³/mol. The second-order valence-electron chi connectivity index (χ2n) is 7.73. The molecule has 9 nitrogen and oxygen atoms in total. The summed E-state index contributed by atoms with van der Waals surface area (Å²) in [4.78, 5) is 37.5. The number of nitro benzene ring substituents is 1. The van der Waals surface area contributed by atoms with Gasteiger partial charge in [-0.15, -0.1) is 0 Å². The molecule has 1 saturated heterocycles. The van der Waals surface area contributed by atoms with Gasteiger partial charge in [0.1, 0.15) is 11.1 Å². The number of piperazine rings is 1. The number of carbonyl (C=O) groups is 1. The minimum atomic E-state index is -1.44. The molecule has 2 N–H and O–H groups in total. The van der Waals surface area contributed by atoms with Crippen molar-refractivity contribution >= 4 is 28.2 Å². The Morgan fingerprint density at radius 3 is 2.66 bits per heavy atom. The monoisotopic (exact) mass is 404 g/mol. The van der Waals surface area contributed by atoms with Crippen molar-refractivity contribution in [1.82, 2.24) is 9.88 Å². The molecule has 1 aliphatic carbocycles. The third-order valence-electron chi connectivity index (χ3n) is 5.63. The maximum atomic E-state index is 15.5. The summed E-state index contributed by atoms with van der Waals surface area (Å²) in [5.41, 5.74) is -2.07. The predicted octanol–water partition coefficient (Wildman–Crippen LogP) is 2.19. The van der Waals surface area contributed by atoms with Gasteiger partial charge in [0.25, 0.3) is 0 Å². The van der Waals surface area contributed by atoms with Crippen LogP contribution in [-0.4, -0.2) is 46.2 Å². The van der Waals surface area contributed by atoms with Crippen molar-refractivity contribution < 1.29 is 19.2 Å². The summed E-state index contributed by atoms with van der Waals surface area (Å²) in [7, 11) is 0. The Hall–Kier alpha value is -3.01. The lowest BCUT2D eigenvalue weighted by Gasteiger charge is -2.34. The molecule has 0 spiro atoms. The summed E-state index contributed by atoms with van der Waals surface area (Å²) in [6, 6.07) is -0.131. The molecule has 0 radical (unpaired) electrons. The summed E-state index contributed by atoms with van der Waals surface area (Å²) in [6.07, 6.45) is 2.59. The van der Waals surface area contributed by atoms with Gasteiger partial charge in [0.05, 0.1) is 10.3 Å². The first kappa shape index (κ1) is 19.3. The summed E-state index contributed by atoms with van der Waals surface area (Å²) >= 11 is 0. The molecular weight excluding hydrogens is 383 g/mol. The summed E-state index contributed by atoms with van der Waals surface area (Å²) in [5.74, 6) is -2.28. The van der Waals surface area contributed by atoms with Gasteiger partial charge in [0.2, 0.25) is 5.43 Å². The number of carboxylic acid groups (broad SMARTS) is 1. The van der Waals surface area contributed by atoms with Gasteiger partial charge in [-0.2, -0.15) is 0 Å². The maximum absolute atomic E-state index is 15.5. The molecule has 154 valence electrons. The van der Waals surface area contributed by atoms with E-state index in [0.717, 1.165) is 0 Å². The van der Waals surface area contributed by atoms with Crippen LogP contribution in [0.3, 0.4) is 0 Å². The molecule has 10 heteroatoms. The number of hydrogen-bond donors (Lipinski definition) is 2. The van der Waals surface area contributed by atoms with Crippen LogP contribution in [-0.2, 0) is 0 Å². The molecule has 4 rings (SSSR count). The van der Waals surface area contributed by atoms with Gasteiger partial charge in [-0.25, -0.2) is 9.18 Å². The quantitative estimate of drug-likeness (QED) is 0.592. The van der Waals surface area contributed by atoms with Crippen molar-refractivity contribution in [1.29, 1.82) is 0 Å². The van der Waals surface area contributed by atoms with Crippen LogP contribution in [0.25, 0.3) is 10.9 Å².